The zero-order valence-corrected chi connectivity index (χ0v) is 17.9. The number of carbonyl (C=O) groups is 1. The number of aromatic nitrogens is 2. The van der Waals surface area contributed by atoms with E-state index >= 15 is 0 Å². The van der Waals surface area contributed by atoms with Crippen molar-refractivity contribution in [3.8, 4) is 11.3 Å². The van der Waals surface area contributed by atoms with Crippen LogP contribution in [0.4, 0.5) is 5.95 Å². The molecule has 1 unspecified atom stereocenters. The summed E-state index contributed by atoms with van der Waals surface area (Å²) in [5.41, 5.74) is 7.64. The molecule has 2 aliphatic rings. The van der Waals surface area contributed by atoms with Crippen LogP contribution >= 0.6 is 11.6 Å². The van der Waals surface area contributed by atoms with Crippen molar-refractivity contribution >= 4 is 23.5 Å². The van der Waals surface area contributed by atoms with E-state index in [9.17, 15) is 4.79 Å². The maximum absolute atomic E-state index is 12.5. The van der Waals surface area contributed by atoms with Gasteiger partial charge >= 0.3 is 0 Å². The number of carbonyl (C=O) groups excluding carboxylic acids is 1. The third-order valence-electron chi connectivity index (χ3n) is 5.09. The third kappa shape index (κ3) is 6.12. The molecule has 162 valence electrons. The van der Waals surface area contributed by atoms with Crippen molar-refractivity contribution in [2.24, 2.45) is 0 Å². The van der Waals surface area contributed by atoms with Gasteiger partial charge in [-0.2, -0.15) is 0 Å². The predicted molar refractivity (Wildman–Crippen MR) is 116 cm³/mol. The lowest BCUT2D eigenvalue weighted by Gasteiger charge is -2.32. The number of likely N-dealkylation sites (N-methyl/N-ethyl adjacent to an activating group) is 1. The number of aliphatic hydroxyl groups excluding tert-OH is 1. The van der Waals surface area contributed by atoms with Crippen molar-refractivity contribution < 1.29 is 14.6 Å². The minimum Gasteiger partial charge on any atom is -0.391 e. The highest BCUT2D eigenvalue weighted by Gasteiger charge is 2.20. The minimum absolute atomic E-state index is 0.0537. The van der Waals surface area contributed by atoms with Crippen molar-refractivity contribution in [3.05, 3.63) is 41.0 Å². The molecule has 4 rings (SSSR count). The SMILES string of the molecule is CN1CCN(C(=O)c2ccc(-c3nc(N)ncc3Cl)cc2)CC1.OC1CCCOC1. The van der Waals surface area contributed by atoms with E-state index in [4.69, 9.17) is 27.2 Å². The lowest BCUT2D eigenvalue weighted by Crippen LogP contribution is -2.47. The first-order chi connectivity index (χ1) is 14.4. The number of amides is 1. The Balaban J connectivity index is 0.000000310. The number of rotatable bonds is 2. The molecule has 2 aliphatic heterocycles. The smallest absolute Gasteiger partial charge is 0.253 e. The summed E-state index contributed by atoms with van der Waals surface area (Å²) in [4.78, 5) is 24.6. The predicted octanol–water partition coefficient (Wildman–Crippen LogP) is 1.92. The molecule has 1 amide bonds. The number of ether oxygens (including phenoxy) is 1. The van der Waals surface area contributed by atoms with Crippen LogP contribution in [0.15, 0.2) is 30.5 Å². The Morgan fingerprint density at radius 2 is 1.93 bits per heavy atom. The van der Waals surface area contributed by atoms with Crippen molar-refractivity contribution in [1.82, 2.24) is 19.8 Å². The second kappa shape index (κ2) is 10.7. The molecule has 3 heterocycles. The molecule has 2 fully saturated rings. The number of piperazine rings is 1. The lowest BCUT2D eigenvalue weighted by molar-refractivity contribution is -0.00535. The largest absolute Gasteiger partial charge is 0.391 e. The first-order valence-electron chi connectivity index (χ1n) is 10.1. The minimum atomic E-state index is -0.186. The number of hydrogen-bond donors (Lipinski definition) is 2. The standard InChI is InChI=1S/C16H18ClN5O.C5H10O2/c1-21-6-8-22(9-7-21)15(23)12-4-2-11(3-5-12)14-13(17)10-19-16(18)20-14;6-5-2-1-3-7-4-5/h2-5,10H,6-9H2,1H3,(H2,18,19,20);5-6H,1-4H2. The van der Waals surface area contributed by atoms with E-state index in [0.717, 1.165) is 51.2 Å². The topological polar surface area (TPSA) is 105 Å². The molecule has 3 N–H and O–H groups in total. The molecule has 1 atom stereocenters. The monoisotopic (exact) mass is 433 g/mol. The molecule has 1 aromatic heterocycles. The fraction of sp³-hybridized carbons (Fsp3) is 0.476. The summed E-state index contributed by atoms with van der Waals surface area (Å²) >= 11 is 6.11. The van der Waals surface area contributed by atoms with Crippen LogP contribution in [0, 0.1) is 0 Å². The van der Waals surface area contributed by atoms with Gasteiger partial charge in [-0.1, -0.05) is 23.7 Å². The van der Waals surface area contributed by atoms with Gasteiger partial charge in [-0.15, -0.1) is 0 Å². The second-order valence-electron chi connectivity index (χ2n) is 7.47. The van der Waals surface area contributed by atoms with E-state index in [1.54, 1.807) is 12.1 Å². The molecule has 2 saturated heterocycles. The fourth-order valence-electron chi connectivity index (χ4n) is 3.27. The number of halogens is 1. The fourth-order valence-corrected chi connectivity index (χ4v) is 3.47. The van der Waals surface area contributed by atoms with E-state index in [2.05, 4.69) is 21.9 Å². The van der Waals surface area contributed by atoms with Crippen molar-refractivity contribution in [2.45, 2.75) is 18.9 Å². The van der Waals surface area contributed by atoms with Gasteiger partial charge in [0.2, 0.25) is 5.95 Å². The van der Waals surface area contributed by atoms with E-state index in [-0.39, 0.29) is 18.0 Å². The highest BCUT2D eigenvalue weighted by atomic mass is 35.5. The maximum atomic E-state index is 12.5. The molecule has 2 aromatic rings. The van der Waals surface area contributed by atoms with Crippen LogP contribution in [0.5, 0.6) is 0 Å². The van der Waals surface area contributed by atoms with E-state index in [1.807, 2.05) is 17.0 Å². The van der Waals surface area contributed by atoms with Crippen molar-refractivity contribution in [1.29, 1.82) is 0 Å². The highest BCUT2D eigenvalue weighted by molar-refractivity contribution is 6.32. The zero-order valence-electron chi connectivity index (χ0n) is 17.1. The van der Waals surface area contributed by atoms with Crippen LogP contribution in [0.25, 0.3) is 11.3 Å². The Kier molecular flexibility index (Phi) is 7.98. The Morgan fingerprint density at radius 3 is 2.50 bits per heavy atom. The molecule has 0 aliphatic carbocycles. The van der Waals surface area contributed by atoms with Crippen molar-refractivity contribution in [3.63, 3.8) is 0 Å². The summed E-state index contributed by atoms with van der Waals surface area (Å²) in [7, 11) is 2.06. The van der Waals surface area contributed by atoms with E-state index in [1.165, 1.54) is 6.20 Å². The van der Waals surface area contributed by atoms with Crippen LogP contribution in [0.2, 0.25) is 5.02 Å². The van der Waals surface area contributed by atoms with Gasteiger partial charge in [0, 0.05) is 43.9 Å². The molecule has 1 aromatic carbocycles. The molecule has 0 radical (unpaired) electrons. The van der Waals surface area contributed by atoms with Gasteiger partial charge in [0.15, 0.2) is 0 Å². The maximum Gasteiger partial charge on any atom is 0.253 e. The number of aliphatic hydroxyl groups is 1. The molecular weight excluding hydrogens is 406 g/mol. The molecule has 0 bridgehead atoms. The van der Waals surface area contributed by atoms with Crippen LogP contribution in [-0.2, 0) is 4.74 Å². The van der Waals surface area contributed by atoms with Crippen LogP contribution in [-0.4, -0.2) is 83.3 Å². The third-order valence-corrected chi connectivity index (χ3v) is 5.37. The molecule has 9 heteroatoms. The van der Waals surface area contributed by atoms with Gasteiger partial charge in [-0.3, -0.25) is 4.79 Å². The molecule has 0 saturated carbocycles. The van der Waals surface area contributed by atoms with Gasteiger partial charge < -0.3 is 25.4 Å². The van der Waals surface area contributed by atoms with Gasteiger partial charge in [0.25, 0.3) is 5.91 Å². The summed E-state index contributed by atoms with van der Waals surface area (Å²) in [5, 5.41) is 9.21. The molecule has 8 nitrogen and oxygen atoms in total. The molecular formula is C21H28ClN5O3. The average Bonchev–Trinajstić information content (AvgIpc) is 2.77. The normalized spacial score (nSPS) is 19.7. The molecule has 30 heavy (non-hydrogen) atoms. The number of nitrogen functional groups attached to an aromatic ring is 1. The van der Waals surface area contributed by atoms with Crippen LogP contribution < -0.4 is 5.73 Å². The van der Waals surface area contributed by atoms with E-state index in [0.29, 0.717) is 22.9 Å². The van der Waals surface area contributed by atoms with Gasteiger partial charge in [0.05, 0.1) is 29.6 Å². The first-order valence-corrected chi connectivity index (χ1v) is 10.4. The highest BCUT2D eigenvalue weighted by Crippen LogP contribution is 2.26. The van der Waals surface area contributed by atoms with Gasteiger partial charge in [-0.25, -0.2) is 9.97 Å². The van der Waals surface area contributed by atoms with Crippen LogP contribution in [0.1, 0.15) is 23.2 Å². The lowest BCUT2D eigenvalue weighted by atomic mass is 10.1. The zero-order chi connectivity index (χ0) is 21.5. The Hall–Kier alpha value is -2.26. The number of nitrogens with zero attached hydrogens (tertiary/aromatic N) is 4. The number of anilines is 1. The summed E-state index contributed by atoms with van der Waals surface area (Å²) < 4.78 is 4.93. The van der Waals surface area contributed by atoms with Crippen molar-refractivity contribution in [2.75, 3.05) is 52.2 Å². The van der Waals surface area contributed by atoms with Gasteiger partial charge in [-0.05, 0) is 32.0 Å². The summed E-state index contributed by atoms with van der Waals surface area (Å²) in [6.07, 6.45) is 3.22. The quantitative estimate of drug-likeness (QED) is 0.745. The Labute approximate surface area is 181 Å². The molecule has 0 spiro atoms. The van der Waals surface area contributed by atoms with E-state index < -0.39 is 0 Å². The summed E-state index contributed by atoms with van der Waals surface area (Å²) in [6.45, 7) is 4.69. The summed E-state index contributed by atoms with van der Waals surface area (Å²) in [6, 6.07) is 7.25. The summed E-state index contributed by atoms with van der Waals surface area (Å²) in [5.74, 6) is 0.222. The first kappa shape index (κ1) is 22.4. The Bertz CT molecular complexity index is 835. The van der Waals surface area contributed by atoms with Gasteiger partial charge in [0.1, 0.15) is 0 Å². The average molecular weight is 434 g/mol. The second-order valence-corrected chi connectivity index (χ2v) is 7.88. The number of hydrogen-bond acceptors (Lipinski definition) is 7. The Morgan fingerprint density at radius 1 is 1.23 bits per heavy atom. The number of nitrogens with two attached hydrogens (primary N) is 1. The number of benzene rings is 1. The van der Waals surface area contributed by atoms with Crippen LogP contribution in [0.3, 0.4) is 0 Å².